The topological polar surface area (TPSA) is 84.4 Å². The van der Waals surface area contributed by atoms with Gasteiger partial charge in [-0.05, 0) is 18.2 Å². The van der Waals surface area contributed by atoms with Gasteiger partial charge in [0.15, 0.2) is 0 Å². The van der Waals surface area contributed by atoms with Gasteiger partial charge in [-0.2, -0.15) is 5.10 Å². The molecule has 0 aliphatic carbocycles. The Kier molecular flexibility index (Phi) is 4.24. The van der Waals surface area contributed by atoms with Crippen molar-refractivity contribution in [2.24, 2.45) is 7.05 Å². The molecule has 0 aliphatic heterocycles. The van der Waals surface area contributed by atoms with Crippen LogP contribution in [-0.4, -0.2) is 27.4 Å². The molecule has 0 unspecified atom stereocenters. The molecule has 106 valence electrons. The van der Waals surface area contributed by atoms with Crippen molar-refractivity contribution in [1.82, 2.24) is 9.78 Å². The standard InChI is InChI=1S/C14H18N4O2/c1-17-8-6-11(16-17)10-18(9-7-14(19)20)13-5-3-2-4-12(13)15/h2-6,8H,7,9-10,15H2,1H3,(H,19,20). The molecule has 6 heteroatoms. The zero-order chi connectivity index (χ0) is 14.5. The summed E-state index contributed by atoms with van der Waals surface area (Å²) in [5.74, 6) is -0.828. The number of aliphatic carboxylic acids is 1. The maximum absolute atomic E-state index is 10.8. The molecule has 6 nitrogen and oxygen atoms in total. The first kappa shape index (κ1) is 13.9. The monoisotopic (exact) mass is 274 g/mol. The number of carbonyl (C=O) groups is 1. The Labute approximate surface area is 117 Å². The molecule has 0 amide bonds. The summed E-state index contributed by atoms with van der Waals surface area (Å²) in [5, 5.41) is 13.2. The minimum Gasteiger partial charge on any atom is -0.481 e. The Morgan fingerprint density at radius 2 is 2.15 bits per heavy atom. The number of aryl methyl sites for hydroxylation is 1. The van der Waals surface area contributed by atoms with Crippen LogP contribution in [0.2, 0.25) is 0 Å². The van der Waals surface area contributed by atoms with Crippen LogP contribution in [0.25, 0.3) is 0 Å². The van der Waals surface area contributed by atoms with E-state index >= 15 is 0 Å². The summed E-state index contributed by atoms with van der Waals surface area (Å²) in [6.07, 6.45) is 1.92. The summed E-state index contributed by atoms with van der Waals surface area (Å²) < 4.78 is 1.72. The molecule has 0 bridgehead atoms. The van der Waals surface area contributed by atoms with Crippen LogP contribution in [0.1, 0.15) is 12.1 Å². The highest BCUT2D eigenvalue weighted by Gasteiger charge is 2.13. The molecule has 1 aromatic carbocycles. The predicted octanol–water partition coefficient (Wildman–Crippen LogP) is 1.48. The fraction of sp³-hybridized carbons (Fsp3) is 0.286. The summed E-state index contributed by atoms with van der Waals surface area (Å²) in [5.41, 5.74) is 8.31. The predicted molar refractivity (Wildman–Crippen MR) is 77.4 cm³/mol. The van der Waals surface area contributed by atoms with E-state index in [0.717, 1.165) is 11.4 Å². The number of hydrogen-bond donors (Lipinski definition) is 2. The van der Waals surface area contributed by atoms with E-state index in [9.17, 15) is 4.79 Å². The van der Waals surface area contributed by atoms with Crippen LogP contribution in [0, 0.1) is 0 Å². The van der Waals surface area contributed by atoms with Crippen molar-refractivity contribution in [3.8, 4) is 0 Å². The second-order valence-corrected chi connectivity index (χ2v) is 4.60. The number of carboxylic acid groups (broad SMARTS) is 1. The smallest absolute Gasteiger partial charge is 0.305 e. The van der Waals surface area contributed by atoms with Gasteiger partial charge in [0.2, 0.25) is 0 Å². The van der Waals surface area contributed by atoms with Crippen LogP contribution < -0.4 is 10.6 Å². The fourth-order valence-electron chi connectivity index (χ4n) is 2.03. The Morgan fingerprint density at radius 3 is 2.75 bits per heavy atom. The Hall–Kier alpha value is -2.50. The van der Waals surface area contributed by atoms with E-state index < -0.39 is 5.97 Å². The fourth-order valence-corrected chi connectivity index (χ4v) is 2.03. The van der Waals surface area contributed by atoms with Gasteiger partial charge >= 0.3 is 5.97 Å². The molecule has 0 atom stereocenters. The summed E-state index contributed by atoms with van der Waals surface area (Å²) in [6.45, 7) is 0.919. The molecular formula is C14H18N4O2. The van der Waals surface area contributed by atoms with Gasteiger partial charge in [-0.1, -0.05) is 12.1 Å². The van der Waals surface area contributed by atoms with E-state index in [1.807, 2.05) is 48.5 Å². The molecule has 0 spiro atoms. The first-order valence-corrected chi connectivity index (χ1v) is 6.36. The molecule has 3 N–H and O–H groups in total. The Balaban J connectivity index is 2.20. The van der Waals surface area contributed by atoms with Gasteiger partial charge < -0.3 is 15.7 Å². The highest BCUT2D eigenvalue weighted by atomic mass is 16.4. The van der Waals surface area contributed by atoms with Crippen molar-refractivity contribution >= 4 is 17.3 Å². The summed E-state index contributed by atoms with van der Waals surface area (Å²) in [4.78, 5) is 12.7. The highest BCUT2D eigenvalue weighted by Crippen LogP contribution is 2.24. The number of aromatic nitrogens is 2. The molecule has 2 rings (SSSR count). The van der Waals surface area contributed by atoms with Crippen molar-refractivity contribution in [3.05, 3.63) is 42.2 Å². The van der Waals surface area contributed by atoms with E-state index in [1.54, 1.807) is 4.68 Å². The zero-order valence-electron chi connectivity index (χ0n) is 11.4. The maximum Gasteiger partial charge on any atom is 0.305 e. The SMILES string of the molecule is Cn1ccc(CN(CCC(=O)O)c2ccccc2N)n1. The lowest BCUT2D eigenvalue weighted by Gasteiger charge is -2.24. The van der Waals surface area contributed by atoms with E-state index in [1.165, 1.54) is 0 Å². The van der Waals surface area contributed by atoms with Crippen molar-refractivity contribution in [3.63, 3.8) is 0 Å². The zero-order valence-corrected chi connectivity index (χ0v) is 11.4. The first-order valence-electron chi connectivity index (χ1n) is 6.36. The van der Waals surface area contributed by atoms with Gasteiger partial charge in [-0.25, -0.2) is 0 Å². The molecular weight excluding hydrogens is 256 g/mol. The van der Waals surface area contributed by atoms with Crippen LogP contribution in [-0.2, 0) is 18.4 Å². The molecule has 1 aromatic heterocycles. The number of carboxylic acids is 1. The van der Waals surface area contributed by atoms with Gasteiger partial charge in [-0.3, -0.25) is 9.48 Å². The molecule has 0 saturated carbocycles. The molecule has 0 saturated heterocycles. The average molecular weight is 274 g/mol. The van der Waals surface area contributed by atoms with Crippen LogP contribution in [0.5, 0.6) is 0 Å². The van der Waals surface area contributed by atoms with Crippen molar-refractivity contribution in [1.29, 1.82) is 0 Å². The van der Waals surface area contributed by atoms with Gasteiger partial charge in [0.1, 0.15) is 0 Å². The van der Waals surface area contributed by atoms with Crippen molar-refractivity contribution in [2.45, 2.75) is 13.0 Å². The molecule has 0 fully saturated rings. The van der Waals surface area contributed by atoms with Crippen LogP contribution in [0.4, 0.5) is 11.4 Å². The first-order chi connectivity index (χ1) is 9.56. The molecule has 0 radical (unpaired) electrons. The number of nitrogens with zero attached hydrogens (tertiary/aromatic N) is 3. The highest BCUT2D eigenvalue weighted by molar-refractivity contribution is 5.70. The number of rotatable bonds is 6. The van der Waals surface area contributed by atoms with Crippen molar-refractivity contribution < 1.29 is 9.90 Å². The van der Waals surface area contributed by atoms with Gasteiger partial charge in [-0.15, -0.1) is 0 Å². The number of benzene rings is 1. The molecule has 2 aromatic rings. The normalized spacial score (nSPS) is 10.4. The number of hydrogen-bond acceptors (Lipinski definition) is 4. The van der Waals surface area contributed by atoms with Gasteiger partial charge in [0.05, 0.1) is 30.0 Å². The average Bonchev–Trinajstić information content (AvgIpc) is 2.81. The lowest BCUT2D eigenvalue weighted by Crippen LogP contribution is -2.26. The van der Waals surface area contributed by atoms with Gasteiger partial charge in [0.25, 0.3) is 0 Å². The van der Waals surface area contributed by atoms with E-state index in [2.05, 4.69) is 5.10 Å². The van der Waals surface area contributed by atoms with Crippen LogP contribution >= 0.6 is 0 Å². The van der Waals surface area contributed by atoms with Crippen molar-refractivity contribution in [2.75, 3.05) is 17.2 Å². The molecule has 20 heavy (non-hydrogen) atoms. The molecule has 1 heterocycles. The van der Waals surface area contributed by atoms with E-state index in [0.29, 0.717) is 18.8 Å². The Bertz CT molecular complexity index is 594. The second kappa shape index (κ2) is 6.10. The lowest BCUT2D eigenvalue weighted by atomic mass is 10.2. The Morgan fingerprint density at radius 1 is 1.40 bits per heavy atom. The van der Waals surface area contributed by atoms with Gasteiger partial charge in [0, 0.05) is 19.8 Å². The summed E-state index contributed by atoms with van der Waals surface area (Å²) in [7, 11) is 1.85. The lowest BCUT2D eigenvalue weighted by molar-refractivity contribution is -0.136. The summed E-state index contributed by atoms with van der Waals surface area (Å²) >= 11 is 0. The van der Waals surface area contributed by atoms with Crippen LogP contribution in [0.3, 0.4) is 0 Å². The van der Waals surface area contributed by atoms with Crippen LogP contribution in [0.15, 0.2) is 36.5 Å². The minimum absolute atomic E-state index is 0.0567. The second-order valence-electron chi connectivity index (χ2n) is 4.60. The largest absolute Gasteiger partial charge is 0.481 e. The third kappa shape index (κ3) is 3.50. The van der Waals surface area contributed by atoms with E-state index in [-0.39, 0.29) is 6.42 Å². The third-order valence-corrected chi connectivity index (χ3v) is 2.99. The summed E-state index contributed by atoms with van der Waals surface area (Å²) in [6, 6.07) is 9.35. The molecule has 0 aliphatic rings. The number of para-hydroxylation sites is 2. The minimum atomic E-state index is -0.828. The number of nitrogens with two attached hydrogens (primary N) is 1. The quantitative estimate of drug-likeness (QED) is 0.779. The number of anilines is 2. The van der Waals surface area contributed by atoms with E-state index in [4.69, 9.17) is 10.8 Å². The maximum atomic E-state index is 10.8. The third-order valence-electron chi connectivity index (χ3n) is 2.99. The number of nitrogen functional groups attached to an aromatic ring is 1.